The molecule has 0 radical (unpaired) electrons. The third-order valence-corrected chi connectivity index (χ3v) is 7.52. The van der Waals surface area contributed by atoms with E-state index < -0.39 is 42.4 Å². The Morgan fingerprint density at radius 1 is 1.23 bits per heavy atom. The summed E-state index contributed by atoms with van der Waals surface area (Å²) in [5.41, 5.74) is 10.9. The monoisotopic (exact) mass is 512 g/mol. The Morgan fingerprint density at radius 2 is 1.90 bits per heavy atom. The first-order valence-electron chi connectivity index (χ1n) is 8.55. The van der Waals surface area contributed by atoms with Crippen LogP contribution in [0.2, 0.25) is 0 Å². The first kappa shape index (κ1) is 28.3. The molecule has 0 aliphatic carbocycles. The Kier molecular flexibility index (Phi) is 11.4. The van der Waals surface area contributed by atoms with Crippen molar-refractivity contribution in [1.29, 1.82) is 0 Å². The van der Waals surface area contributed by atoms with Gasteiger partial charge in [0, 0.05) is 13.0 Å². The molecule has 1 fully saturated rings. The molecule has 1 aliphatic rings. The smallest absolute Gasteiger partial charge is 0.390 e. The summed E-state index contributed by atoms with van der Waals surface area (Å²) in [4.78, 5) is 45.2. The third-order valence-electron chi connectivity index (χ3n) is 3.72. The molecule has 0 spiro atoms. The van der Waals surface area contributed by atoms with E-state index in [2.05, 4.69) is 28.4 Å². The van der Waals surface area contributed by atoms with Gasteiger partial charge in [0.05, 0.1) is 38.7 Å². The van der Waals surface area contributed by atoms with Crippen LogP contribution in [0.4, 0.5) is 0 Å². The van der Waals surface area contributed by atoms with Gasteiger partial charge in [0.2, 0.25) is 0 Å². The maximum Gasteiger partial charge on any atom is 0.490 e. The Hall–Kier alpha value is -0.770. The van der Waals surface area contributed by atoms with Crippen LogP contribution in [0.25, 0.3) is 0 Å². The zero-order chi connectivity index (χ0) is 23.7. The van der Waals surface area contributed by atoms with Crippen LogP contribution in [0.5, 0.6) is 0 Å². The zero-order valence-corrected chi connectivity index (χ0v) is 19.1. The second-order valence-corrected chi connectivity index (χ2v) is 10.5. The van der Waals surface area contributed by atoms with Gasteiger partial charge in [-0.3, -0.25) is 19.8 Å². The fraction of sp³-hybridized carbons (Fsp3) is 0.818. The van der Waals surface area contributed by atoms with Gasteiger partial charge in [-0.05, 0) is 13.0 Å². The van der Waals surface area contributed by atoms with Gasteiger partial charge >= 0.3 is 23.5 Å². The molecule has 1 rings (SSSR count). The van der Waals surface area contributed by atoms with Gasteiger partial charge in [0.25, 0.3) is 0 Å². The molecule has 17 nitrogen and oxygen atoms in total. The van der Waals surface area contributed by atoms with Crippen LogP contribution in [0, 0.1) is 5.92 Å². The average molecular weight is 512 g/mol. The summed E-state index contributed by atoms with van der Waals surface area (Å²) < 4.78 is 51.7. The van der Waals surface area contributed by atoms with Gasteiger partial charge in [-0.25, -0.2) is 13.7 Å². The van der Waals surface area contributed by atoms with Crippen molar-refractivity contribution < 1.29 is 51.2 Å². The van der Waals surface area contributed by atoms with E-state index in [4.69, 9.17) is 26.0 Å². The second kappa shape index (κ2) is 12.5. The highest BCUT2D eigenvalue weighted by Crippen LogP contribution is 2.66. The number of hydrogen-bond donors (Lipinski definition) is 7. The van der Waals surface area contributed by atoms with Crippen molar-refractivity contribution in [2.75, 3.05) is 33.5 Å². The summed E-state index contributed by atoms with van der Waals surface area (Å²) in [6.07, 6.45) is 1.69. The molecule has 20 heteroatoms. The number of phosphoric acid groups is 3. The standard InChI is InChI=1S/C11H27N6O11P3/c1-14-7-17(8-16-6-15-5-13)11-2-9(3-12)10(26-11)4-25-30(21,22)28-31(23,24)27-29(18,19)20/h5,7,9-11,16H,2-4,6,8,12H2,1H3,(H2,13,15)(H,21,22)(H,23,24)(H2,18,19,20)/b14-7-. The lowest BCUT2D eigenvalue weighted by Gasteiger charge is -2.26. The van der Waals surface area contributed by atoms with E-state index in [-0.39, 0.29) is 25.8 Å². The second-order valence-electron chi connectivity index (χ2n) is 6.03. The van der Waals surface area contributed by atoms with Crippen LogP contribution in [-0.4, -0.2) is 83.0 Å². The molecular weight excluding hydrogens is 485 g/mol. The number of ether oxygens (including phenoxy) is 1. The number of nitrogens with zero attached hydrogens (tertiary/aromatic N) is 3. The number of hydrogen-bond acceptors (Lipinski definition) is 11. The molecule has 0 saturated carbocycles. The van der Waals surface area contributed by atoms with Crippen LogP contribution in [0.3, 0.4) is 0 Å². The molecule has 31 heavy (non-hydrogen) atoms. The number of nitrogens with one attached hydrogen (secondary N) is 1. The topological polar surface area (TPSA) is 261 Å². The average Bonchev–Trinajstić information content (AvgIpc) is 3.03. The predicted molar refractivity (Wildman–Crippen MR) is 107 cm³/mol. The molecule has 0 bridgehead atoms. The fourth-order valence-electron chi connectivity index (χ4n) is 2.55. The number of rotatable bonds is 14. The molecule has 1 aliphatic heterocycles. The van der Waals surface area contributed by atoms with Crippen molar-refractivity contribution >= 4 is 36.1 Å². The molecule has 1 saturated heterocycles. The van der Waals surface area contributed by atoms with Crippen molar-refractivity contribution in [2.45, 2.75) is 18.8 Å². The van der Waals surface area contributed by atoms with Gasteiger partial charge in [-0.1, -0.05) is 0 Å². The summed E-state index contributed by atoms with van der Waals surface area (Å²) in [6, 6.07) is 0. The Labute approximate surface area is 177 Å². The molecule has 0 aromatic rings. The maximum absolute atomic E-state index is 11.9. The molecular formula is C11H27N6O11P3. The number of nitrogens with two attached hydrogens (primary N) is 2. The van der Waals surface area contributed by atoms with Gasteiger partial charge in [-0.15, -0.1) is 0 Å². The fourth-order valence-corrected chi connectivity index (χ4v) is 5.58. The van der Waals surface area contributed by atoms with E-state index in [1.165, 1.54) is 6.34 Å². The van der Waals surface area contributed by atoms with Crippen LogP contribution >= 0.6 is 23.5 Å². The highest BCUT2D eigenvalue weighted by molar-refractivity contribution is 7.66. The van der Waals surface area contributed by atoms with Gasteiger partial charge in [0.15, 0.2) is 0 Å². The first-order chi connectivity index (χ1) is 14.3. The Bertz CT molecular complexity index is 764. The first-order valence-corrected chi connectivity index (χ1v) is 13.1. The zero-order valence-electron chi connectivity index (χ0n) is 16.4. The maximum atomic E-state index is 11.9. The van der Waals surface area contributed by atoms with Crippen LogP contribution in [0.15, 0.2) is 9.98 Å². The van der Waals surface area contributed by atoms with E-state index >= 15 is 0 Å². The minimum atomic E-state index is -5.60. The summed E-state index contributed by atoms with van der Waals surface area (Å²) >= 11 is 0. The van der Waals surface area contributed by atoms with E-state index in [0.717, 1.165) is 6.34 Å². The Morgan fingerprint density at radius 3 is 2.45 bits per heavy atom. The highest BCUT2D eigenvalue weighted by Gasteiger charge is 2.43. The molecule has 0 aromatic carbocycles. The third kappa shape index (κ3) is 11.1. The molecule has 182 valence electrons. The van der Waals surface area contributed by atoms with Crippen molar-refractivity contribution in [3.05, 3.63) is 0 Å². The summed E-state index contributed by atoms with van der Waals surface area (Å²) in [6.45, 7) is 0.0687. The quantitative estimate of drug-likeness (QED) is 0.0458. The SMILES string of the molecule is C/N=C\N(CNC/N=C/N)C1CC(CN)C(COP(=O)(O)OP(=O)(O)OP(=O)(O)O)O1. The lowest BCUT2D eigenvalue weighted by Crippen LogP contribution is -2.41. The highest BCUT2D eigenvalue weighted by atomic mass is 31.3. The summed E-state index contributed by atoms with van der Waals surface area (Å²) in [5.74, 6) is -0.327. The minimum absolute atomic E-state index is 0.128. The lowest BCUT2D eigenvalue weighted by atomic mass is 10.0. The van der Waals surface area contributed by atoms with Crippen LogP contribution < -0.4 is 16.8 Å². The van der Waals surface area contributed by atoms with E-state index in [9.17, 15) is 23.5 Å². The Balaban J connectivity index is 2.72. The molecule has 0 amide bonds. The number of aliphatic imine (C=N–C) groups is 2. The summed E-state index contributed by atoms with van der Waals surface area (Å²) in [7, 11) is -14.8. The van der Waals surface area contributed by atoms with Crippen molar-refractivity contribution in [2.24, 2.45) is 27.4 Å². The van der Waals surface area contributed by atoms with Crippen LogP contribution in [0.1, 0.15) is 6.42 Å². The lowest BCUT2D eigenvalue weighted by molar-refractivity contribution is -0.0470. The largest absolute Gasteiger partial charge is 0.490 e. The van der Waals surface area contributed by atoms with Crippen molar-refractivity contribution in [3.8, 4) is 0 Å². The van der Waals surface area contributed by atoms with Gasteiger partial charge in [-0.2, -0.15) is 8.62 Å². The van der Waals surface area contributed by atoms with Crippen LogP contribution in [-0.2, 0) is 31.6 Å². The molecule has 0 aromatic heterocycles. The number of phosphoric ester groups is 1. The van der Waals surface area contributed by atoms with Gasteiger partial charge < -0.3 is 40.7 Å². The minimum Gasteiger partial charge on any atom is -0.390 e. The molecule has 1 heterocycles. The molecule has 5 atom stereocenters. The van der Waals surface area contributed by atoms with Gasteiger partial charge in [0.1, 0.15) is 6.23 Å². The van der Waals surface area contributed by atoms with E-state index in [1.807, 2.05) is 0 Å². The summed E-state index contributed by atoms with van der Waals surface area (Å²) in [5, 5.41) is 2.97. The predicted octanol–water partition coefficient (Wildman–Crippen LogP) is -1.53. The van der Waals surface area contributed by atoms with E-state index in [1.54, 1.807) is 11.9 Å². The van der Waals surface area contributed by atoms with Crippen molar-refractivity contribution in [3.63, 3.8) is 0 Å². The molecule has 5 unspecified atom stereocenters. The normalized spacial score (nSPS) is 26.3. The van der Waals surface area contributed by atoms with Crippen molar-refractivity contribution in [1.82, 2.24) is 10.2 Å². The van der Waals surface area contributed by atoms with E-state index in [0.29, 0.717) is 6.42 Å². The molecule has 9 N–H and O–H groups in total.